The van der Waals surface area contributed by atoms with Gasteiger partial charge in [0, 0.05) is 11.3 Å². The monoisotopic (exact) mass is 493 g/mol. The minimum atomic E-state index is -0.920. The van der Waals surface area contributed by atoms with Crippen LogP contribution in [-0.4, -0.2) is 32.8 Å². The van der Waals surface area contributed by atoms with Gasteiger partial charge in [-0.1, -0.05) is 0 Å². The number of hydrogen-bond acceptors (Lipinski definition) is 8. The van der Waals surface area contributed by atoms with E-state index in [-0.39, 0.29) is 23.8 Å². The molecule has 1 aromatic carbocycles. The molecule has 0 unspecified atom stereocenters. The van der Waals surface area contributed by atoms with Gasteiger partial charge >= 0.3 is 11.7 Å². The second-order valence-corrected chi connectivity index (χ2v) is 7.76. The number of amides is 1. The number of aromatic nitrogens is 3. The Kier molecular flexibility index (Phi) is 6.82. The van der Waals surface area contributed by atoms with E-state index in [9.17, 15) is 24.0 Å². The van der Waals surface area contributed by atoms with Crippen LogP contribution in [0.25, 0.3) is 11.5 Å². The number of nitrogens with zero attached hydrogens (tertiary/aromatic N) is 4. The van der Waals surface area contributed by atoms with Crippen molar-refractivity contribution in [1.82, 2.24) is 14.3 Å². The van der Waals surface area contributed by atoms with Crippen molar-refractivity contribution in [2.24, 2.45) is 0 Å². The van der Waals surface area contributed by atoms with E-state index in [1.807, 2.05) is 6.92 Å². The third-order valence-corrected chi connectivity index (χ3v) is 5.43. The normalized spacial score (nSPS) is 10.7. The number of nitrogens with one attached hydrogen (secondary N) is 1. The Morgan fingerprint density at radius 2 is 1.97 bits per heavy atom. The lowest BCUT2D eigenvalue weighted by Gasteiger charge is -2.12. The minimum absolute atomic E-state index is 0.0994. The summed E-state index contributed by atoms with van der Waals surface area (Å²) in [5.74, 6) is -2.21. The molecule has 0 saturated carbocycles. The van der Waals surface area contributed by atoms with Gasteiger partial charge in [-0.3, -0.25) is 9.59 Å². The fourth-order valence-corrected chi connectivity index (χ4v) is 3.48. The fraction of sp³-hybridized carbons (Fsp3) is 0.208. The Bertz CT molecular complexity index is 1510. The molecule has 12 heteroatoms. The summed E-state index contributed by atoms with van der Waals surface area (Å²) in [5.41, 5.74) is 2.08. The van der Waals surface area contributed by atoms with Crippen LogP contribution in [0.2, 0.25) is 0 Å². The molecular formula is C24H20FN5O6. The maximum absolute atomic E-state index is 13.1. The Hall–Kier alpha value is -4.92. The SMILES string of the molecule is Cc1c(C#N)c(NC(=O)COC(=O)Cn2nc(-c3ccc(F)cc3)oc2=O)n(Cc2ccco2)c1C. The van der Waals surface area contributed by atoms with Crippen LogP contribution in [-0.2, 0) is 27.4 Å². The van der Waals surface area contributed by atoms with Gasteiger partial charge in [0.05, 0.1) is 18.4 Å². The number of carbonyl (C=O) groups excluding carboxylic acids is 2. The van der Waals surface area contributed by atoms with Crippen LogP contribution in [0.1, 0.15) is 22.6 Å². The van der Waals surface area contributed by atoms with E-state index < -0.39 is 36.6 Å². The summed E-state index contributed by atoms with van der Waals surface area (Å²) in [6.07, 6.45) is 1.52. The molecule has 184 valence electrons. The molecule has 0 aliphatic rings. The number of rotatable bonds is 8. The van der Waals surface area contributed by atoms with Gasteiger partial charge in [-0.15, -0.1) is 5.10 Å². The summed E-state index contributed by atoms with van der Waals surface area (Å²) in [5, 5.41) is 16.1. The average Bonchev–Trinajstić information content (AvgIpc) is 3.55. The van der Waals surface area contributed by atoms with Crippen molar-refractivity contribution in [2.45, 2.75) is 26.9 Å². The lowest BCUT2D eigenvalue weighted by atomic mass is 10.2. The van der Waals surface area contributed by atoms with Gasteiger partial charge in [0.25, 0.3) is 5.91 Å². The quantitative estimate of drug-likeness (QED) is 0.369. The first-order valence-corrected chi connectivity index (χ1v) is 10.7. The number of ether oxygens (including phenoxy) is 1. The van der Waals surface area contributed by atoms with E-state index in [0.717, 1.165) is 10.4 Å². The molecule has 1 N–H and O–H groups in total. The number of esters is 1. The van der Waals surface area contributed by atoms with E-state index in [1.54, 1.807) is 23.6 Å². The minimum Gasteiger partial charge on any atom is -0.467 e. The maximum atomic E-state index is 13.1. The molecule has 0 aliphatic heterocycles. The van der Waals surface area contributed by atoms with Crippen LogP contribution in [0.5, 0.6) is 0 Å². The molecule has 3 heterocycles. The van der Waals surface area contributed by atoms with Crippen molar-refractivity contribution in [2.75, 3.05) is 11.9 Å². The van der Waals surface area contributed by atoms with Gasteiger partial charge in [0.15, 0.2) is 6.61 Å². The third kappa shape index (κ3) is 5.10. The standard InChI is InChI=1S/C24H20FN5O6/c1-14-15(2)29(11-18-4-3-9-34-18)22(19(14)10-26)27-20(31)13-35-21(32)12-30-24(33)36-23(28-30)16-5-7-17(25)8-6-16/h3-9H,11-13H2,1-2H3,(H,27,31). The van der Waals surface area contributed by atoms with Crippen molar-refractivity contribution < 1.29 is 27.6 Å². The van der Waals surface area contributed by atoms with Crippen LogP contribution < -0.4 is 11.1 Å². The van der Waals surface area contributed by atoms with Gasteiger partial charge in [0.1, 0.15) is 30.0 Å². The summed E-state index contributed by atoms with van der Waals surface area (Å²) in [6, 6.07) is 10.7. The second-order valence-electron chi connectivity index (χ2n) is 7.76. The van der Waals surface area contributed by atoms with E-state index in [0.29, 0.717) is 16.9 Å². The molecule has 3 aromatic heterocycles. The molecule has 0 spiro atoms. The van der Waals surface area contributed by atoms with Gasteiger partial charge in [-0.05, 0) is 55.8 Å². The summed E-state index contributed by atoms with van der Waals surface area (Å²) in [4.78, 5) is 36.7. The van der Waals surface area contributed by atoms with Gasteiger partial charge in [-0.25, -0.2) is 9.18 Å². The van der Waals surface area contributed by atoms with Crippen molar-refractivity contribution in [3.05, 3.63) is 81.6 Å². The van der Waals surface area contributed by atoms with Gasteiger partial charge in [0.2, 0.25) is 5.89 Å². The number of hydrogen-bond donors (Lipinski definition) is 1. The van der Waals surface area contributed by atoms with E-state index in [2.05, 4.69) is 16.5 Å². The Morgan fingerprint density at radius 3 is 2.64 bits per heavy atom. The number of anilines is 1. The van der Waals surface area contributed by atoms with Crippen molar-refractivity contribution in [1.29, 1.82) is 5.26 Å². The smallest absolute Gasteiger partial charge is 0.437 e. The molecule has 36 heavy (non-hydrogen) atoms. The zero-order chi connectivity index (χ0) is 25.8. The predicted molar refractivity (Wildman–Crippen MR) is 122 cm³/mol. The highest BCUT2D eigenvalue weighted by Crippen LogP contribution is 2.27. The van der Waals surface area contributed by atoms with E-state index >= 15 is 0 Å². The lowest BCUT2D eigenvalue weighted by molar-refractivity contribution is -0.148. The number of benzene rings is 1. The molecule has 1 amide bonds. The van der Waals surface area contributed by atoms with E-state index in [1.165, 1.54) is 30.5 Å². The summed E-state index contributed by atoms with van der Waals surface area (Å²) in [6.45, 7) is 2.59. The first-order valence-electron chi connectivity index (χ1n) is 10.7. The topological polar surface area (TPSA) is 145 Å². The summed E-state index contributed by atoms with van der Waals surface area (Å²) < 4.78 is 30.9. The zero-order valence-corrected chi connectivity index (χ0v) is 19.3. The van der Waals surface area contributed by atoms with E-state index in [4.69, 9.17) is 13.6 Å². The molecule has 0 bridgehead atoms. The third-order valence-electron chi connectivity index (χ3n) is 5.43. The highest BCUT2D eigenvalue weighted by atomic mass is 19.1. The van der Waals surface area contributed by atoms with Gasteiger partial charge in [-0.2, -0.15) is 9.94 Å². The van der Waals surface area contributed by atoms with Crippen LogP contribution in [0.3, 0.4) is 0 Å². The number of carbonyl (C=O) groups is 2. The Balaban J connectivity index is 1.40. The molecule has 0 fully saturated rings. The molecule has 11 nitrogen and oxygen atoms in total. The lowest BCUT2D eigenvalue weighted by Crippen LogP contribution is -2.27. The van der Waals surface area contributed by atoms with Crippen molar-refractivity contribution in [3.63, 3.8) is 0 Å². The largest absolute Gasteiger partial charge is 0.467 e. The Labute approximate surface area is 203 Å². The highest BCUT2D eigenvalue weighted by molar-refractivity contribution is 5.93. The maximum Gasteiger partial charge on any atom is 0.437 e. The molecular weight excluding hydrogens is 473 g/mol. The van der Waals surface area contributed by atoms with Gasteiger partial charge < -0.3 is 23.5 Å². The van der Waals surface area contributed by atoms with Crippen LogP contribution in [0.4, 0.5) is 10.2 Å². The predicted octanol–water partition coefficient (Wildman–Crippen LogP) is 2.76. The van der Waals surface area contributed by atoms with Crippen LogP contribution >= 0.6 is 0 Å². The highest BCUT2D eigenvalue weighted by Gasteiger charge is 2.21. The number of furan rings is 1. The molecule has 4 aromatic rings. The average molecular weight is 493 g/mol. The van der Waals surface area contributed by atoms with Crippen LogP contribution in [0, 0.1) is 31.0 Å². The van der Waals surface area contributed by atoms with Crippen molar-refractivity contribution in [3.8, 4) is 17.5 Å². The molecule has 0 saturated heterocycles. The summed E-state index contributed by atoms with van der Waals surface area (Å²) in [7, 11) is 0. The fourth-order valence-electron chi connectivity index (χ4n) is 3.48. The first kappa shape index (κ1) is 24.2. The summed E-state index contributed by atoms with van der Waals surface area (Å²) >= 11 is 0. The molecule has 0 aliphatic carbocycles. The number of nitriles is 1. The molecule has 4 rings (SSSR count). The zero-order valence-electron chi connectivity index (χ0n) is 19.3. The second kappa shape index (κ2) is 10.1. The van der Waals surface area contributed by atoms with Crippen LogP contribution in [0.15, 0.2) is 56.3 Å². The Morgan fingerprint density at radius 1 is 1.22 bits per heavy atom. The molecule has 0 atom stereocenters. The van der Waals surface area contributed by atoms with Crippen molar-refractivity contribution >= 4 is 17.7 Å². The number of halogens is 1. The molecule has 0 radical (unpaired) electrons. The first-order chi connectivity index (χ1) is 17.3.